The monoisotopic (exact) mass is 461 g/mol. The van der Waals surface area contributed by atoms with E-state index >= 15 is 0 Å². The second kappa shape index (κ2) is 8.58. The predicted molar refractivity (Wildman–Crippen MR) is 137 cm³/mol. The van der Waals surface area contributed by atoms with Crippen molar-refractivity contribution in [2.24, 2.45) is 5.10 Å². The van der Waals surface area contributed by atoms with Crippen LogP contribution in [0.1, 0.15) is 33.7 Å². The first-order valence-electron chi connectivity index (χ1n) is 12.1. The Labute approximate surface area is 205 Å². The number of piperazine rings is 1. The Morgan fingerprint density at radius 1 is 0.886 bits per heavy atom. The maximum Gasteiger partial charge on any atom is 0.276 e. The largest absolute Gasteiger partial charge is 0.505 e. The number of aliphatic hydroxyl groups is 1. The number of carbonyl (C=O) groups excluding carboxylic acids is 1. The number of hydrazone groups is 1. The smallest absolute Gasteiger partial charge is 0.276 e. The van der Waals surface area contributed by atoms with Crippen molar-refractivity contribution in [3.8, 4) is 0 Å². The van der Waals surface area contributed by atoms with Crippen molar-refractivity contribution in [1.82, 2.24) is 9.91 Å². The molecule has 3 aromatic carbocycles. The summed E-state index contributed by atoms with van der Waals surface area (Å²) >= 11 is 0. The SMILES string of the molecule is C=C1C=NN2C(=C1O)C(=O)N(Cc1ccccc1)CC2C1c2ccccc2CCc2ccccc21. The van der Waals surface area contributed by atoms with Crippen molar-refractivity contribution in [3.63, 3.8) is 0 Å². The topological polar surface area (TPSA) is 56.1 Å². The van der Waals surface area contributed by atoms with Gasteiger partial charge in [-0.2, -0.15) is 5.10 Å². The fraction of sp³-hybridized carbons (Fsp3) is 0.200. The number of fused-ring (bicyclic) bond motifs is 3. The van der Waals surface area contributed by atoms with Crippen LogP contribution in [-0.4, -0.2) is 39.7 Å². The minimum atomic E-state index is -0.226. The third-order valence-electron chi connectivity index (χ3n) is 7.35. The normalized spacial score (nSPS) is 19.8. The van der Waals surface area contributed by atoms with Crippen LogP contribution in [0.5, 0.6) is 0 Å². The molecule has 174 valence electrons. The van der Waals surface area contributed by atoms with Gasteiger partial charge in [-0.1, -0.05) is 85.4 Å². The van der Waals surface area contributed by atoms with E-state index in [1.165, 1.54) is 22.3 Å². The molecular formula is C30H27N3O2. The maximum absolute atomic E-state index is 13.7. The highest BCUT2D eigenvalue weighted by Crippen LogP contribution is 2.42. The number of benzene rings is 3. The molecule has 0 saturated carbocycles. The average molecular weight is 462 g/mol. The Hall–Kier alpha value is -4.12. The summed E-state index contributed by atoms with van der Waals surface area (Å²) in [6.07, 6.45) is 3.49. The number of aryl methyl sites for hydroxylation is 2. The Balaban J connectivity index is 1.51. The highest BCUT2D eigenvalue weighted by atomic mass is 16.3. The summed E-state index contributed by atoms with van der Waals surface area (Å²) in [6, 6.07) is 27.0. The van der Waals surface area contributed by atoms with Gasteiger partial charge in [0.15, 0.2) is 11.5 Å². The fourth-order valence-electron chi connectivity index (χ4n) is 5.67. The lowest BCUT2D eigenvalue weighted by Gasteiger charge is -2.45. The zero-order valence-corrected chi connectivity index (χ0v) is 19.5. The van der Waals surface area contributed by atoms with Crippen molar-refractivity contribution in [3.05, 3.63) is 130 Å². The molecule has 2 heterocycles. The molecule has 1 saturated heterocycles. The van der Waals surface area contributed by atoms with Crippen molar-refractivity contribution in [2.75, 3.05) is 6.54 Å². The Bertz CT molecular complexity index is 1330. The van der Waals surface area contributed by atoms with Crippen LogP contribution < -0.4 is 0 Å². The van der Waals surface area contributed by atoms with Gasteiger partial charge in [-0.05, 0) is 40.7 Å². The Kier molecular flexibility index (Phi) is 5.25. The minimum absolute atomic E-state index is 0.0115. The molecule has 5 heteroatoms. The van der Waals surface area contributed by atoms with Crippen molar-refractivity contribution < 1.29 is 9.90 Å². The third-order valence-corrected chi connectivity index (χ3v) is 7.35. The molecule has 5 nitrogen and oxygen atoms in total. The van der Waals surface area contributed by atoms with E-state index in [0.29, 0.717) is 18.7 Å². The molecule has 1 atom stereocenters. The summed E-state index contributed by atoms with van der Waals surface area (Å²) in [4.78, 5) is 15.5. The molecule has 0 radical (unpaired) electrons. The number of hydrogen-bond donors (Lipinski definition) is 1. The standard InChI is InChI=1S/C30H27N3O2/c1-20-17-31-33-26(19-32(30(35)28(33)29(20)34)18-21-9-3-2-4-10-21)27-24-13-7-5-11-22(24)15-16-23-12-6-8-14-25(23)27/h2-14,17,26-27,34H,1,15-16,18-19H2. The van der Waals surface area contributed by atoms with Gasteiger partial charge in [0.25, 0.3) is 5.91 Å². The lowest BCUT2D eigenvalue weighted by atomic mass is 9.80. The Morgan fingerprint density at radius 2 is 1.49 bits per heavy atom. The van der Waals surface area contributed by atoms with E-state index in [1.54, 1.807) is 11.2 Å². The van der Waals surface area contributed by atoms with Crippen LogP contribution >= 0.6 is 0 Å². The molecule has 35 heavy (non-hydrogen) atoms. The van der Waals surface area contributed by atoms with Gasteiger partial charge in [0.1, 0.15) is 0 Å². The number of amides is 1. The van der Waals surface area contributed by atoms with Gasteiger partial charge in [0, 0.05) is 24.6 Å². The number of rotatable bonds is 3. The van der Waals surface area contributed by atoms with Crippen molar-refractivity contribution >= 4 is 12.1 Å². The molecule has 3 aromatic rings. The van der Waals surface area contributed by atoms with E-state index in [-0.39, 0.29) is 29.3 Å². The minimum Gasteiger partial charge on any atom is -0.505 e. The first kappa shape index (κ1) is 21.4. The third kappa shape index (κ3) is 3.64. The molecular weight excluding hydrogens is 434 g/mol. The zero-order valence-electron chi connectivity index (χ0n) is 19.5. The van der Waals surface area contributed by atoms with Crippen LogP contribution in [0.3, 0.4) is 0 Å². The number of aliphatic hydroxyl groups excluding tert-OH is 1. The molecule has 0 spiro atoms. The lowest BCUT2D eigenvalue weighted by Crippen LogP contribution is -2.56. The van der Waals surface area contributed by atoms with Gasteiger partial charge < -0.3 is 10.0 Å². The quantitative estimate of drug-likeness (QED) is 0.600. The van der Waals surface area contributed by atoms with Crippen LogP contribution in [-0.2, 0) is 24.2 Å². The number of hydrogen-bond acceptors (Lipinski definition) is 4. The van der Waals surface area contributed by atoms with E-state index in [1.807, 2.05) is 35.2 Å². The summed E-state index contributed by atoms with van der Waals surface area (Å²) < 4.78 is 0. The predicted octanol–water partition coefficient (Wildman–Crippen LogP) is 4.96. The summed E-state index contributed by atoms with van der Waals surface area (Å²) in [5.74, 6) is -0.332. The number of nitrogens with zero attached hydrogens (tertiary/aromatic N) is 3. The summed E-state index contributed by atoms with van der Waals surface area (Å²) in [6.45, 7) is 4.85. The van der Waals surface area contributed by atoms with Crippen molar-refractivity contribution in [2.45, 2.75) is 31.3 Å². The second-order valence-electron chi connectivity index (χ2n) is 9.43. The van der Waals surface area contributed by atoms with Gasteiger partial charge in [-0.15, -0.1) is 0 Å². The molecule has 1 unspecified atom stereocenters. The second-order valence-corrected chi connectivity index (χ2v) is 9.43. The van der Waals surface area contributed by atoms with Crippen LogP contribution in [0.25, 0.3) is 0 Å². The molecule has 2 aliphatic heterocycles. The molecule has 6 rings (SSSR count). The number of allylic oxidation sites excluding steroid dienone is 1. The maximum atomic E-state index is 13.7. The van der Waals surface area contributed by atoms with Crippen LogP contribution in [0.15, 0.2) is 108 Å². The summed E-state index contributed by atoms with van der Waals surface area (Å²) in [7, 11) is 0. The zero-order chi connectivity index (χ0) is 23.9. The molecule has 3 aliphatic rings. The Morgan fingerprint density at radius 3 is 2.14 bits per heavy atom. The van der Waals surface area contributed by atoms with E-state index < -0.39 is 0 Å². The van der Waals surface area contributed by atoms with Gasteiger partial charge >= 0.3 is 0 Å². The highest BCUT2D eigenvalue weighted by molar-refractivity contribution is 5.99. The van der Waals surface area contributed by atoms with Crippen LogP contribution in [0.4, 0.5) is 0 Å². The summed E-state index contributed by atoms with van der Waals surface area (Å²) in [5, 5.41) is 17.4. The fourth-order valence-corrected chi connectivity index (χ4v) is 5.67. The van der Waals surface area contributed by atoms with Crippen LogP contribution in [0, 0.1) is 0 Å². The molecule has 1 aliphatic carbocycles. The highest BCUT2D eigenvalue weighted by Gasteiger charge is 2.45. The van der Waals surface area contributed by atoms with Gasteiger partial charge in [0.05, 0.1) is 12.3 Å². The van der Waals surface area contributed by atoms with E-state index in [9.17, 15) is 9.90 Å². The van der Waals surface area contributed by atoms with Gasteiger partial charge in [-0.25, -0.2) is 0 Å². The first-order valence-corrected chi connectivity index (χ1v) is 12.1. The first-order chi connectivity index (χ1) is 17.1. The molecule has 1 fully saturated rings. The van der Waals surface area contributed by atoms with E-state index in [0.717, 1.165) is 18.4 Å². The molecule has 1 amide bonds. The molecule has 0 bridgehead atoms. The van der Waals surface area contributed by atoms with E-state index in [2.05, 4.69) is 60.2 Å². The van der Waals surface area contributed by atoms with Gasteiger partial charge in [-0.3, -0.25) is 9.80 Å². The van der Waals surface area contributed by atoms with Gasteiger partial charge in [0.2, 0.25) is 0 Å². The molecule has 0 aromatic heterocycles. The summed E-state index contributed by atoms with van der Waals surface area (Å²) in [5.41, 5.74) is 6.77. The molecule has 1 N–H and O–H groups in total. The average Bonchev–Trinajstić information content (AvgIpc) is 3.05. The van der Waals surface area contributed by atoms with Crippen LogP contribution in [0.2, 0.25) is 0 Å². The lowest BCUT2D eigenvalue weighted by molar-refractivity contribution is -0.134. The number of carbonyl (C=O) groups is 1. The van der Waals surface area contributed by atoms with Crippen molar-refractivity contribution in [1.29, 1.82) is 0 Å². The van der Waals surface area contributed by atoms with E-state index in [4.69, 9.17) is 0 Å².